The highest BCUT2D eigenvalue weighted by Gasteiger charge is 2.56. The van der Waals surface area contributed by atoms with E-state index in [1.54, 1.807) is 24.3 Å². The van der Waals surface area contributed by atoms with E-state index in [1.807, 2.05) is 0 Å². The molecule has 0 bridgehead atoms. The molecular formula is C18H17F3N2O3. The maximum absolute atomic E-state index is 13.4. The lowest BCUT2D eigenvalue weighted by Crippen LogP contribution is -2.44. The topological polar surface area (TPSA) is 78.3 Å². The van der Waals surface area contributed by atoms with Gasteiger partial charge in [-0.15, -0.1) is 0 Å². The number of aliphatic hydroxyl groups is 1. The minimum atomic E-state index is -4.94. The highest BCUT2D eigenvalue weighted by Crippen LogP contribution is 2.42. The first-order chi connectivity index (χ1) is 12.2. The van der Waals surface area contributed by atoms with Gasteiger partial charge in [-0.1, -0.05) is 18.2 Å². The Balaban J connectivity index is 1.73. The van der Waals surface area contributed by atoms with Crippen molar-refractivity contribution in [2.75, 3.05) is 6.54 Å². The van der Waals surface area contributed by atoms with Gasteiger partial charge >= 0.3 is 6.18 Å². The lowest BCUT2D eigenvalue weighted by Gasteiger charge is -2.28. The summed E-state index contributed by atoms with van der Waals surface area (Å²) in [5, 5.41) is 13.3. The van der Waals surface area contributed by atoms with Crippen LogP contribution in [0.3, 0.4) is 0 Å². The standard InChI is InChI=1S/C18H17F3N2O3/c1-11-6-7-15(26-11)17(25,18(19,20)21)8-9-22-16(24)13-10-23-14-5-3-2-4-12(13)14/h2-7,10,23,25H,8-9H2,1H3,(H,22,24). The van der Waals surface area contributed by atoms with E-state index in [0.29, 0.717) is 10.9 Å². The first-order valence-corrected chi connectivity index (χ1v) is 7.93. The van der Waals surface area contributed by atoms with Crippen molar-refractivity contribution < 1.29 is 27.5 Å². The highest BCUT2D eigenvalue weighted by molar-refractivity contribution is 6.06. The molecule has 0 aliphatic carbocycles. The van der Waals surface area contributed by atoms with Gasteiger partial charge in [-0.2, -0.15) is 13.2 Å². The second-order valence-corrected chi connectivity index (χ2v) is 6.02. The molecular weight excluding hydrogens is 349 g/mol. The average molecular weight is 366 g/mol. The fourth-order valence-electron chi connectivity index (χ4n) is 2.77. The number of para-hydroxylation sites is 1. The molecule has 0 radical (unpaired) electrons. The fourth-order valence-corrected chi connectivity index (χ4v) is 2.77. The second kappa shape index (κ2) is 6.53. The SMILES string of the molecule is Cc1ccc(C(O)(CCNC(=O)c2c[nH]c3ccccc23)C(F)(F)F)o1. The third-order valence-electron chi connectivity index (χ3n) is 4.22. The van der Waals surface area contributed by atoms with Crippen LogP contribution in [0.2, 0.25) is 0 Å². The molecule has 3 rings (SSSR count). The number of aryl methyl sites for hydroxylation is 1. The summed E-state index contributed by atoms with van der Waals surface area (Å²) < 4.78 is 45.1. The Morgan fingerprint density at radius 1 is 1.23 bits per heavy atom. The van der Waals surface area contributed by atoms with Gasteiger partial charge in [0.1, 0.15) is 11.5 Å². The number of carbonyl (C=O) groups excluding carboxylic acids is 1. The molecule has 1 unspecified atom stereocenters. The van der Waals surface area contributed by atoms with Crippen molar-refractivity contribution in [2.24, 2.45) is 0 Å². The molecule has 0 aliphatic heterocycles. The van der Waals surface area contributed by atoms with E-state index in [0.717, 1.165) is 11.6 Å². The monoisotopic (exact) mass is 366 g/mol. The van der Waals surface area contributed by atoms with Crippen molar-refractivity contribution >= 4 is 16.8 Å². The van der Waals surface area contributed by atoms with Gasteiger partial charge in [0.05, 0.1) is 5.56 Å². The third-order valence-corrected chi connectivity index (χ3v) is 4.22. The number of furan rings is 1. The maximum atomic E-state index is 13.4. The second-order valence-electron chi connectivity index (χ2n) is 6.02. The van der Waals surface area contributed by atoms with Crippen LogP contribution in [0.1, 0.15) is 28.3 Å². The number of benzene rings is 1. The quantitative estimate of drug-likeness (QED) is 0.645. The van der Waals surface area contributed by atoms with E-state index in [-0.39, 0.29) is 12.3 Å². The summed E-state index contributed by atoms with van der Waals surface area (Å²) in [6.07, 6.45) is -4.22. The van der Waals surface area contributed by atoms with Crippen molar-refractivity contribution in [3.05, 3.63) is 59.7 Å². The maximum Gasteiger partial charge on any atom is 0.424 e. The molecule has 3 N–H and O–H groups in total. The molecule has 138 valence electrons. The summed E-state index contributed by atoms with van der Waals surface area (Å²) >= 11 is 0. The van der Waals surface area contributed by atoms with Crippen LogP contribution in [-0.2, 0) is 5.60 Å². The molecule has 1 aromatic carbocycles. The normalized spacial score (nSPS) is 14.3. The summed E-state index contributed by atoms with van der Waals surface area (Å²) in [7, 11) is 0. The van der Waals surface area contributed by atoms with Crippen LogP contribution < -0.4 is 5.32 Å². The van der Waals surface area contributed by atoms with E-state index in [1.165, 1.54) is 19.2 Å². The number of fused-ring (bicyclic) bond motifs is 1. The number of hydrogen-bond acceptors (Lipinski definition) is 3. The molecule has 1 amide bonds. The van der Waals surface area contributed by atoms with Crippen LogP contribution in [0.25, 0.3) is 10.9 Å². The molecule has 8 heteroatoms. The number of H-pyrrole nitrogens is 1. The zero-order valence-electron chi connectivity index (χ0n) is 13.9. The number of halogens is 3. The molecule has 5 nitrogen and oxygen atoms in total. The summed E-state index contributed by atoms with van der Waals surface area (Å²) in [5.41, 5.74) is -2.10. The number of hydrogen-bond donors (Lipinski definition) is 3. The number of rotatable bonds is 5. The molecule has 0 spiro atoms. The van der Waals surface area contributed by atoms with E-state index < -0.39 is 29.9 Å². The minimum absolute atomic E-state index is 0.255. The molecule has 0 saturated carbocycles. The van der Waals surface area contributed by atoms with Gasteiger partial charge in [0.25, 0.3) is 5.91 Å². The zero-order valence-corrected chi connectivity index (χ0v) is 13.9. The van der Waals surface area contributed by atoms with Crippen molar-refractivity contribution in [2.45, 2.75) is 25.1 Å². The van der Waals surface area contributed by atoms with Crippen molar-refractivity contribution in [1.29, 1.82) is 0 Å². The van der Waals surface area contributed by atoms with Crippen LogP contribution in [-0.4, -0.2) is 28.7 Å². The Kier molecular flexibility index (Phi) is 4.53. The van der Waals surface area contributed by atoms with Gasteiger partial charge in [-0.25, -0.2) is 0 Å². The van der Waals surface area contributed by atoms with Gasteiger partial charge < -0.3 is 19.8 Å². The lowest BCUT2D eigenvalue weighted by atomic mass is 9.95. The van der Waals surface area contributed by atoms with Crippen molar-refractivity contribution in [3.8, 4) is 0 Å². The first kappa shape index (κ1) is 18.1. The first-order valence-electron chi connectivity index (χ1n) is 7.93. The molecule has 26 heavy (non-hydrogen) atoms. The minimum Gasteiger partial charge on any atom is -0.463 e. The number of carbonyl (C=O) groups is 1. The van der Waals surface area contributed by atoms with Crippen LogP contribution in [0.5, 0.6) is 0 Å². The van der Waals surface area contributed by atoms with E-state index in [2.05, 4.69) is 10.3 Å². The Bertz CT molecular complexity index is 929. The van der Waals surface area contributed by atoms with Gasteiger partial charge in [0.15, 0.2) is 0 Å². The Morgan fingerprint density at radius 2 is 1.96 bits per heavy atom. The number of aromatic amines is 1. The largest absolute Gasteiger partial charge is 0.463 e. The summed E-state index contributed by atoms with van der Waals surface area (Å²) in [6.45, 7) is 1.10. The number of amides is 1. The van der Waals surface area contributed by atoms with E-state index in [4.69, 9.17) is 4.42 Å². The number of alkyl halides is 3. The summed E-state index contributed by atoms with van der Waals surface area (Å²) in [4.78, 5) is 15.2. The van der Waals surface area contributed by atoms with Crippen LogP contribution in [0.15, 0.2) is 47.0 Å². The Hall–Kier alpha value is -2.74. The van der Waals surface area contributed by atoms with Crippen LogP contribution in [0.4, 0.5) is 13.2 Å². The predicted molar refractivity (Wildman–Crippen MR) is 88.6 cm³/mol. The van der Waals surface area contributed by atoms with Crippen molar-refractivity contribution in [1.82, 2.24) is 10.3 Å². The molecule has 1 atom stereocenters. The molecule has 0 aliphatic rings. The van der Waals surface area contributed by atoms with E-state index >= 15 is 0 Å². The van der Waals surface area contributed by atoms with Gasteiger partial charge in [0, 0.05) is 30.1 Å². The molecule has 3 aromatic rings. The third kappa shape index (κ3) is 3.20. The molecule has 2 heterocycles. The molecule has 2 aromatic heterocycles. The lowest BCUT2D eigenvalue weighted by molar-refractivity contribution is -0.274. The van der Waals surface area contributed by atoms with Gasteiger partial charge in [-0.3, -0.25) is 4.79 Å². The number of aromatic nitrogens is 1. The predicted octanol–water partition coefficient (Wildman–Crippen LogP) is 3.64. The summed E-state index contributed by atoms with van der Waals surface area (Å²) in [5.74, 6) is -0.864. The highest BCUT2D eigenvalue weighted by atomic mass is 19.4. The average Bonchev–Trinajstić information content (AvgIpc) is 3.20. The Labute approximate surface area is 146 Å². The zero-order chi connectivity index (χ0) is 18.9. The van der Waals surface area contributed by atoms with Gasteiger partial charge in [0.2, 0.25) is 5.60 Å². The van der Waals surface area contributed by atoms with Crippen LogP contribution in [0, 0.1) is 6.92 Å². The summed E-state index contributed by atoms with van der Waals surface area (Å²) in [6, 6.07) is 9.51. The van der Waals surface area contributed by atoms with Gasteiger partial charge in [-0.05, 0) is 25.1 Å². The Morgan fingerprint density at radius 3 is 2.62 bits per heavy atom. The van der Waals surface area contributed by atoms with Crippen molar-refractivity contribution in [3.63, 3.8) is 0 Å². The molecule has 0 fully saturated rings. The molecule has 0 saturated heterocycles. The van der Waals surface area contributed by atoms with Crippen LogP contribution >= 0.6 is 0 Å². The smallest absolute Gasteiger partial charge is 0.424 e. The number of nitrogens with one attached hydrogen (secondary N) is 2. The fraction of sp³-hybridized carbons (Fsp3) is 0.278. The van der Waals surface area contributed by atoms with E-state index in [9.17, 15) is 23.1 Å².